The lowest BCUT2D eigenvalue weighted by molar-refractivity contribution is 0.112. The van der Waals surface area contributed by atoms with Crippen LogP contribution in [-0.4, -0.2) is 25.3 Å². The number of alkyl halides is 1. The summed E-state index contributed by atoms with van der Waals surface area (Å²) in [5, 5.41) is 8.56. The highest BCUT2D eigenvalue weighted by Crippen LogP contribution is 2.15. The Labute approximate surface area is 100 Å². The van der Waals surface area contributed by atoms with Gasteiger partial charge in [0.2, 0.25) is 0 Å². The van der Waals surface area contributed by atoms with E-state index < -0.39 is 0 Å². The molecule has 16 heavy (non-hydrogen) atoms. The number of carbonyl (C=O) groups is 1. The van der Waals surface area contributed by atoms with Crippen LogP contribution in [0.3, 0.4) is 0 Å². The molecule has 0 amide bonds. The monoisotopic (exact) mass is 236 g/mol. The second-order valence-electron chi connectivity index (χ2n) is 3.29. The highest BCUT2D eigenvalue weighted by molar-refractivity contribution is 6.18. The SMILES string of the molecule is N#CCCN(CCCl)c1ccc(C=O)cc1. The normalized spacial score (nSPS) is 9.50. The van der Waals surface area contributed by atoms with Crippen molar-refractivity contribution in [1.82, 2.24) is 0 Å². The first-order valence-corrected chi connectivity index (χ1v) is 5.58. The second kappa shape index (κ2) is 6.86. The van der Waals surface area contributed by atoms with Gasteiger partial charge in [0.25, 0.3) is 0 Å². The molecule has 0 spiro atoms. The molecule has 0 aromatic heterocycles. The van der Waals surface area contributed by atoms with Gasteiger partial charge in [0.1, 0.15) is 6.29 Å². The van der Waals surface area contributed by atoms with Crippen molar-refractivity contribution in [3.8, 4) is 6.07 Å². The van der Waals surface area contributed by atoms with E-state index in [2.05, 4.69) is 6.07 Å². The van der Waals surface area contributed by atoms with Gasteiger partial charge in [-0.25, -0.2) is 0 Å². The molecule has 0 aliphatic heterocycles. The van der Waals surface area contributed by atoms with Crippen molar-refractivity contribution in [2.45, 2.75) is 6.42 Å². The first-order valence-electron chi connectivity index (χ1n) is 5.05. The molecule has 4 heteroatoms. The Balaban J connectivity index is 2.75. The van der Waals surface area contributed by atoms with Crippen LogP contribution in [0.2, 0.25) is 0 Å². The zero-order chi connectivity index (χ0) is 11.8. The molecule has 0 heterocycles. The molecule has 0 saturated heterocycles. The molecule has 0 radical (unpaired) electrons. The summed E-state index contributed by atoms with van der Waals surface area (Å²) in [6.45, 7) is 1.35. The average Bonchev–Trinajstić information content (AvgIpc) is 2.35. The second-order valence-corrected chi connectivity index (χ2v) is 3.67. The Morgan fingerprint density at radius 1 is 1.31 bits per heavy atom. The average molecular weight is 237 g/mol. The van der Waals surface area contributed by atoms with E-state index in [9.17, 15) is 4.79 Å². The third-order valence-corrected chi connectivity index (χ3v) is 2.41. The number of hydrogen-bond donors (Lipinski definition) is 0. The van der Waals surface area contributed by atoms with Crippen molar-refractivity contribution in [1.29, 1.82) is 5.26 Å². The van der Waals surface area contributed by atoms with Gasteiger partial charge >= 0.3 is 0 Å². The zero-order valence-corrected chi connectivity index (χ0v) is 9.65. The van der Waals surface area contributed by atoms with Gasteiger partial charge in [-0.2, -0.15) is 5.26 Å². The van der Waals surface area contributed by atoms with Crippen LogP contribution in [-0.2, 0) is 0 Å². The van der Waals surface area contributed by atoms with Gasteiger partial charge in [-0.05, 0) is 24.3 Å². The van der Waals surface area contributed by atoms with Crippen molar-refractivity contribution in [3.63, 3.8) is 0 Å². The molecular formula is C12H13ClN2O. The van der Waals surface area contributed by atoms with Crippen LogP contribution < -0.4 is 4.90 Å². The van der Waals surface area contributed by atoms with E-state index in [1.807, 2.05) is 17.0 Å². The molecule has 0 fully saturated rings. The number of aldehydes is 1. The third-order valence-electron chi connectivity index (χ3n) is 2.24. The Kier molecular flexibility index (Phi) is 5.38. The minimum Gasteiger partial charge on any atom is -0.369 e. The van der Waals surface area contributed by atoms with Gasteiger partial charge in [-0.15, -0.1) is 11.6 Å². The maximum Gasteiger partial charge on any atom is 0.150 e. The lowest BCUT2D eigenvalue weighted by Gasteiger charge is -2.22. The molecule has 0 unspecified atom stereocenters. The van der Waals surface area contributed by atoms with Crippen LogP contribution in [0.1, 0.15) is 16.8 Å². The van der Waals surface area contributed by atoms with Gasteiger partial charge in [0.05, 0.1) is 12.5 Å². The van der Waals surface area contributed by atoms with Gasteiger partial charge in [0.15, 0.2) is 0 Å². The van der Waals surface area contributed by atoms with E-state index in [0.717, 1.165) is 12.0 Å². The van der Waals surface area contributed by atoms with E-state index >= 15 is 0 Å². The number of rotatable bonds is 6. The summed E-state index contributed by atoms with van der Waals surface area (Å²) in [5.74, 6) is 0.515. The first-order chi connectivity index (χ1) is 7.81. The van der Waals surface area contributed by atoms with Gasteiger partial charge in [0, 0.05) is 30.2 Å². The molecule has 1 rings (SSSR count). The Hall–Kier alpha value is -1.53. The summed E-state index contributed by atoms with van der Waals surface area (Å²) in [4.78, 5) is 12.5. The van der Waals surface area contributed by atoms with Gasteiger partial charge in [-0.1, -0.05) is 0 Å². The quantitative estimate of drug-likeness (QED) is 0.563. The number of halogens is 1. The van der Waals surface area contributed by atoms with E-state index in [4.69, 9.17) is 16.9 Å². The highest BCUT2D eigenvalue weighted by atomic mass is 35.5. The molecular weight excluding hydrogens is 224 g/mol. The number of nitriles is 1. The molecule has 0 aliphatic carbocycles. The molecule has 0 saturated carbocycles. The molecule has 1 aromatic rings. The fourth-order valence-corrected chi connectivity index (χ4v) is 1.62. The molecule has 0 atom stereocenters. The predicted octanol–water partition coefficient (Wildman–Crippen LogP) is 2.46. The lowest BCUT2D eigenvalue weighted by atomic mass is 10.2. The summed E-state index contributed by atoms with van der Waals surface area (Å²) in [6.07, 6.45) is 1.28. The number of carbonyl (C=O) groups excluding carboxylic acids is 1. The summed E-state index contributed by atoms with van der Waals surface area (Å²) < 4.78 is 0. The van der Waals surface area contributed by atoms with Crippen LogP contribution >= 0.6 is 11.6 Å². The summed E-state index contributed by atoms with van der Waals surface area (Å²) >= 11 is 5.70. The minimum atomic E-state index is 0.465. The third kappa shape index (κ3) is 3.56. The van der Waals surface area contributed by atoms with Crippen LogP contribution in [0.4, 0.5) is 5.69 Å². The summed E-state index contributed by atoms with van der Waals surface area (Å²) in [7, 11) is 0. The topological polar surface area (TPSA) is 44.1 Å². The number of benzene rings is 1. The van der Waals surface area contributed by atoms with E-state index in [-0.39, 0.29) is 0 Å². The van der Waals surface area contributed by atoms with Crippen molar-refractivity contribution < 1.29 is 4.79 Å². The molecule has 1 aromatic carbocycles. The van der Waals surface area contributed by atoms with E-state index in [0.29, 0.717) is 31.0 Å². The molecule has 0 bridgehead atoms. The number of hydrogen-bond acceptors (Lipinski definition) is 3. The maximum atomic E-state index is 10.5. The first kappa shape index (κ1) is 12.5. The van der Waals surface area contributed by atoms with E-state index in [1.165, 1.54) is 0 Å². The largest absolute Gasteiger partial charge is 0.369 e. The minimum absolute atomic E-state index is 0.465. The molecule has 0 N–H and O–H groups in total. The van der Waals surface area contributed by atoms with Crippen molar-refractivity contribution >= 4 is 23.6 Å². The predicted molar refractivity (Wildman–Crippen MR) is 65.0 cm³/mol. The van der Waals surface area contributed by atoms with Crippen molar-refractivity contribution in [2.75, 3.05) is 23.9 Å². The fourth-order valence-electron chi connectivity index (χ4n) is 1.42. The summed E-state index contributed by atoms with van der Waals surface area (Å²) in [5.41, 5.74) is 1.64. The van der Waals surface area contributed by atoms with Gasteiger partial charge < -0.3 is 4.90 Å². The highest BCUT2D eigenvalue weighted by Gasteiger charge is 2.05. The fraction of sp³-hybridized carbons (Fsp3) is 0.333. The molecule has 0 aliphatic rings. The number of anilines is 1. The Bertz CT molecular complexity index is 370. The van der Waals surface area contributed by atoms with Crippen molar-refractivity contribution in [2.24, 2.45) is 0 Å². The number of nitrogens with zero attached hydrogens (tertiary/aromatic N) is 2. The van der Waals surface area contributed by atoms with Crippen LogP contribution in [0.15, 0.2) is 24.3 Å². The zero-order valence-electron chi connectivity index (χ0n) is 8.90. The Morgan fingerprint density at radius 2 is 2.00 bits per heavy atom. The van der Waals surface area contributed by atoms with E-state index in [1.54, 1.807) is 12.1 Å². The maximum absolute atomic E-state index is 10.5. The van der Waals surface area contributed by atoms with Crippen LogP contribution in [0.5, 0.6) is 0 Å². The Morgan fingerprint density at radius 3 is 2.50 bits per heavy atom. The molecule has 84 valence electrons. The standard InChI is InChI=1S/C12H13ClN2O/c13-6-9-15(8-1-7-14)12-4-2-11(10-16)3-5-12/h2-5,10H,1,6,8-9H2. The van der Waals surface area contributed by atoms with Gasteiger partial charge in [-0.3, -0.25) is 4.79 Å². The smallest absolute Gasteiger partial charge is 0.150 e. The molecule has 3 nitrogen and oxygen atoms in total. The van der Waals surface area contributed by atoms with Crippen LogP contribution in [0.25, 0.3) is 0 Å². The van der Waals surface area contributed by atoms with Crippen molar-refractivity contribution in [3.05, 3.63) is 29.8 Å². The summed E-state index contributed by atoms with van der Waals surface area (Å²) in [6, 6.07) is 9.37. The lowest BCUT2D eigenvalue weighted by Crippen LogP contribution is -2.26. The van der Waals surface area contributed by atoms with Crippen LogP contribution in [0, 0.1) is 11.3 Å².